The zero-order valence-electron chi connectivity index (χ0n) is 7.28. The Morgan fingerprint density at radius 2 is 2.25 bits per heavy atom. The summed E-state index contributed by atoms with van der Waals surface area (Å²) in [5, 5.41) is 8.45. The monoisotopic (exact) mass is 161 g/mol. The van der Waals surface area contributed by atoms with Gasteiger partial charge in [-0.05, 0) is 12.1 Å². The summed E-state index contributed by atoms with van der Waals surface area (Å²) < 4.78 is 0. The van der Waals surface area contributed by atoms with Crippen molar-refractivity contribution in [3.05, 3.63) is 23.9 Å². The molecule has 0 aliphatic rings. The van der Waals surface area contributed by atoms with Crippen LogP contribution in [0.1, 0.15) is 5.69 Å². The SMILES string of the molecule is CN(C)c1cccc(CC#N)n1. The van der Waals surface area contributed by atoms with Crippen molar-refractivity contribution in [3.8, 4) is 6.07 Å². The smallest absolute Gasteiger partial charge is 0.128 e. The Morgan fingerprint density at radius 3 is 2.83 bits per heavy atom. The third-order valence-electron chi connectivity index (χ3n) is 1.51. The molecule has 12 heavy (non-hydrogen) atoms. The summed E-state index contributed by atoms with van der Waals surface area (Å²) in [6, 6.07) is 7.76. The van der Waals surface area contributed by atoms with Gasteiger partial charge in [0.25, 0.3) is 0 Å². The quantitative estimate of drug-likeness (QED) is 0.654. The van der Waals surface area contributed by atoms with E-state index >= 15 is 0 Å². The minimum Gasteiger partial charge on any atom is -0.363 e. The van der Waals surface area contributed by atoms with Crippen molar-refractivity contribution in [1.82, 2.24) is 4.98 Å². The number of hydrogen-bond donors (Lipinski definition) is 0. The van der Waals surface area contributed by atoms with Crippen molar-refractivity contribution >= 4 is 5.82 Å². The van der Waals surface area contributed by atoms with Gasteiger partial charge in [0.05, 0.1) is 18.2 Å². The molecule has 0 unspecified atom stereocenters. The number of hydrogen-bond acceptors (Lipinski definition) is 3. The fourth-order valence-electron chi connectivity index (χ4n) is 0.895. The Labute approximate surface area is 72.3 Å². The van der Waals surface area contributed by atoms with Crippen LogP contribution in [0.15, 0.2) is 18.2 Å². The van der Waals surface area contributed by atoms with Crippen LogP contribution in [-0.2, 0) is 6.42 Å². The second kappa shape index (κ2) is 3.72. The lowest BCUT2D eigenvalue weighted by Crippen LogP contribution is -2.11. The van der Waals surface area contributed by atoms with E-state index in [1.165, 1.54) is 0 Å². The first-order chi connectivity index (χ1) is 5.74. The van der Waals surface area contributed by atoms with Crippen molar-refractivity contribution in [2.45, 2.75) is 6.42 Å². The minimum atomic E-state index is 0.377. The predicted molar refractivity (Wildman–Crippen MR) is 47.9 cm³/mol. The van der Waals surface area contributed by atoms with E-state index in [-0.39, 0.29) is 0 Å². The van der Waals surface area contributed by atoms with Crippen LogP contribution < -0.4 is 4.90 Å². The summed E-state index contributed by atoms with van der Waals surface area (Å²) in [6.45, 7) is 0. The van der Waals surface area contributed by atoms with Gasteiger partial charge in [0, 0.05) is 14.1 Å². The van der Waals surface area contributed by atoms with Gasteiger partial charge in [0.15, 0.2) is 0 Å². The molecule has 0 radical (unpaired) electrons. The Bertz CT molecular complexity index is 299. The lowest BCUT2D eigenvalue weighted by molar-refractivity contribution is 1.02. The van der Waals surface area contributed by atoms with Crippen LogP contribution in [0.5, 0.6) is 0 Å². The number of anilines is 1. The molecule has 1 rings (SSSR count). The molecule has 0 atom stereocenters. The fraction of sp³-hybridized carbons (Fsp3) is 0.333. The van der Waals surface area contributed by atoms with Gasteiger partial charge in [-0.25, -0.2) is 4.98 Å². The fourth-order valence-corrected chi connectivity index (χ4v) is 0.895. The summed E-state index contributed by atoms with van der Waals surface area (Å²) in [5.41, 5.74) is 0.823. The first kappa shape index (κ1) is 8.54. The minimum absolute atomic E-state index is 0.377. The highest BCUT2D eigenvalue weighted by Crippen LogP contribution is 2.07. The largest absolute Gasteiger partial charge is 0.363 e. The molecule has 0 saturated carbocycles. The van der Waals surface area contributed by atoms with Gasteiger partial charge >= 0.3 is 0 Å². The third kappa shape index (κ3) is 1.96. The molecule has 3 heteroatoms. The molecule has 0 aromatic carbocycles. The lowest BCUT2D eigenvalue weighted by Gasteiger charge is -2.10. The summed E-state index contributed by atoms with van der Waals surface area (Å²) in [7, 11) is 3.86. The van der Waals surface area contributed by atoms with E-state index in [1.807, 2.05) is 37.2 Å². The zero-order chi connectivity index (χ0) is 8.97. The van der Waals surface area contributed by atoms with Crippen LogP contribution in [0.3, 0.4) is 0 Å². The summed E-state index contributed by atoms with van der Waals surface area (Å²) >= 11 is 0. The first-order valence-electron chi connectivity index (χ1n) is 3.74. The van der Waals surface area contributed by atoms with Gasteiger partial charge in [0.2, 0.25) is 0 Å². The highest BCUT2D eigenvalue weighted by atomic mass is 15.1. The van der Waals surface area contributed by atoms with E-state index in [0.29, 0.717) is 6.42 Å². The molecule has 1 heterocycles. The molecular formula is C9H11N3. The second-order valence-electron chi connectivity index (χ2n) is 2.72. The van der Waals surface area contributed by atoms with E-state index in [0.717, 1.165) is 11.5 Å². The maximum Gasteiger partial charge on any atom is 0.128 e. The van der Waals surface area contributed by atoms with Gasteiger partial charge in [-0.15, -0.1) is 0 Å². The molecule has 0 aliphatic heterocycles. The molecule has 1 aromatic heterocycles. The number of pyridine rings is 1. The Balaban J connectivity index is 2.90. The maximum atomic E-state index is 8.45. The zero-order valence-corrected chi connectivity index (χ0v) is 7.28. The first-order valence-corrected chi connectivity index (χ1v) is 3.74. The molecule has 0 fully saturated rings. The predicted octanol–water partition coefficient (Wildman–Crippen LogP) is 1.21. The summed E-state index contributed by atoms with van der Waals surface area (Å²) in [4.78, 5) is 6.18. The number of rotatable bonds is 2. The highest BCUT2D eigenvalue weighted by molar-refractivity contribution is 5.37. The van der Waals surface area contributed by atoms with Crippen molar-refractivity contribution in [3.63, 3.8) is 0 Å². The van der Waals surface area contributed by atoms with Gasteiger partial charge in [-0.1, -0.05) is 6.07 Å². The molecule has 0 spiro atoms. The van der Waals surface area contributed by atoms with E-state index in [1.54, 1.807) is 0 Å². The van der Waals surface area contributed by atoms with Crippen molar-refractivity contribution < 1.29 is 0 Å². The molecular weight excluding hydrogens is 150 g/mol. The topological polar surface area (TPSA) is 39.9 Å². The van der Waals surface area contributed by atoms with Crippen LogP contribution >= 0.6 is 0 Å². The average Bonchev–Trinajstić information content (AvgIpc) is 2.05. The molecule has 62 valence electrons. The van der Waals surface area contributed by atoms with Crippen LogP contribution in [0.4, 0.5) is 5.82 Å². The Kier molecular flexibility index (Phi) is 2.65. The van der Waals surface area contributed by atoms with E-state index < -0.39 is 0 Å². The number of nitrogens with zero attached hydrogens (tertiary/aromatic N) is 3. The lowest BCUT2D eigenvalue weighted by atomic mass is 10.3. The molecule has 1 aromatic rings. The van der Waals surface area contributed by atoms with Crippen LogP contribution in [-0.4, -0.2) is 19.1 Å². The molecule has 0 bridgehead atoms. The Hall–Kier alpha value is -1.56. The van der Waals surface area contributed by atoms with E-state index in [9.17, 15) is 0 Å². The van der Waals surface area contributed by atoms with Gasteiger partial charge < -0.3 is 4.90 Å². The summed E-state index contributed by atoms with van der Waals surface area (Å²) in [5.74, 6) is 0.891. The molecule has 0 saturated heterocycles. The average molecular weight is 161 g/mol. The normalized spacial score (nSPS) is 9.08. The maximum absolute atomic E-state index is 8.45. The van der Waals surface area contributed by atoms with Gasteiger partial charge in [-0.2, -0.15) is 5.26 Å². The van der Waals surface area contributed by atoms with E-state index in [2.05, 4.69) is 11.1 Å². The van der Waals surface area contributed by atoms with Crippen molar-refractivity contribution in [2.24, 2.45) is 0 Å². The molecule has 0 aliphatic carbocycles. The molecule has 3 nitrogen and oxygen atoms in total. The van der Waals surface area contributed by atoms with Crippen LogP contribution in [0.25, 0.3) is 0 Å². The highest BCUT2D eigenvalue weighted by Gasteiger charge is 1.97. The number of nitriles is 1. The standard InChI is InChI=1S/C9H11N3/c1-12(2)9-5-3-4-8(11-9)6-7-10/h3-5H,6H2,1-2H3. The van der Waals surface area contributed by atoms with Gasteiger partial charge in [-0.3, -0.25) is 0 Å². The van der Waals surface area contributed by atoms with Crippen LogP contribution in [0.2, 0.25) is 0 Å². The van der Waals surface area contributed by atoms with Crippen molar-refractivity contribution in [1.29, 1.82) is 5.26 Å². The van der Waals surface area contributed by atoms with Crippen LogP contribution in [0, 0.1) is 11.3 Å². The third-order valence-corrected chi connectivity index (χ3v) is 1.51. The van der Waals surface area contributed by atoms with E-state index in [4.69, 9.17) is 5.26 Å². The molecule has 0 amide bonds. The molecule has 0 N–H and O–H groups in total. The van der Waals surface area contributed by atoms with Gasteiger partial charge in [0.1, 0.15) is 5.82 Å². The number of aromatic nitrogens is 1. The second-order valence-corrected chi connectivity index (χ2v) is 2.72. The summed E-state index contributed by atoms with van der Waals surface area (Å²) in [6.07, 6.45) is 0.377. The van der Waals surface area contributed by atoms with Crippen molar-refractivity contribution in [2.75, 3.05) is 19.0 Å². The Morgan fingerprint density at radius 1 is 1.50 bits per heavy atom.